The van der Waals surface area contributed by atoms with Crippen molar-refractivity contribution in [1.29, 1.82) is 0 Å². The smallest absolute Gasteiger partial charge is 0.407 e. The number of aliphatic hydroxyl groups excluding tert-OH is 1. The first-order valence-electron chi connectivity index (χ1n) is 5.96. The quantitative estimate of drug-likeness (QED) is 0.825. The molecule has 1 aliphatic rings. The van der Waals surface area contributed by atoms with Gasteiger partial charge in [-0.15, -0.1) is 0 Å². The fraction of sp³-hybridized carbons (Fsp3) is 0.462. The number of aliphatic hydroxyl groups is 1. The molecular weight excluding hydrogens is 254 g/mol. The van der Waals surface area contributed by atoms with Crippen LogP contribution in [-0.4, -0.2) is 34.3 Å². The highest BCUT2D eigenvalue weighted by atomic mass is 35.5. The van der Waals surface area contributed by atoms with Crippen LogP contribution in [0.1, 0.15) is 24.8 Å². The van der Waals surface area contributed by atoms with E-state index in [2.05, 4.69) is 0 Å². The van der Waals surface area contributed by atoms with Crippen LogP contribution in [0.4, 0.5) is 4.79 Å². The van der Waals surface area contributed by atoms with Crippen LogP contribution >= 0.6 is 11.6 Å². The highest BCUT2D eigenvalue weighted by Gasteiger charge is 2.13. The van der Waals surface area contributed by atoms with Gasteiger partial charge in [0, 0.05) is 18.1 Å². The fourth-order valence-corrected chi connectivity index (χ4v) is 1.80. The summed E-state index contributed by atoms with van der Waals surface area (Å²) < 4.78 is 0. The van der Waals surface area contributed by atoms with Crippen molar-refractivity contribution in [2.45, 2.75) is 25.9 Å². The van der Waals surface area contributed by atoms with Gasteiger partial charge in [0.05, 0.1) is 6.61 Å². The summed E-state index contributed by atoms with van der Waals surface area (Å²) in [6.07, 6.45) is 2.48. The number of rotatable bonds is 1. The van der Waals surface area contributed by atoms with E-state index < -0.39 is 6.09 Å². The lowest BCUT2D eigenvalue weighted by Crippen LogP contribution is -2.34. The van der Waals surface area contributed by atoms with Crippen molar-refractivity contribution in [3.05, 3.63) is 34.9 Å². The number of nitrogens with zero attached hydrogens (tertiary/aromatic N) is 1. The van der Waals surface area contributed by atoms with Gasteiger partial charge in [-0.1, -0.05) is 23.7 Å². The second-order valence-corrected chi connectivity index (χ2v) is 4.55. The molecule has 2 N–H and O–H groups in total. The Morgan fingerprint density at radius 2 is 1.72 bits per heavy atom. The maximum absolute atomic E-state index is 10.3. The predicted molar refractivity (Wildman–Crippen MR) is 70.8 cm³/mol. The highest BCUT2D eigenvalue weighted by Crippen LogP contribution is 2.09. The molecule has 18 heavy (non-hydrogen) atoms. The molecular formula is C13H18ClNO3. The van der Waals surface area contributed by atoms with Crippen molar-refractivity contribution < 1.29 is 15.0 Å². The summed E-state index contributed by atoms with van der Waals surface area (Å²) in [6.45, 7) is 1.54. The lowest BCUT2D eigenvalue weighted by Gasteiger charge is -2.22. The van der Waals surface area contributed by atoms with Gasteiger partial charge < -0.3 is 15.1 Å². The number of likely N-dealkylation sites (tertiary alicyclic amines) is 1. The molecule has 4 nitrogen and oxygen atoms in total. The molecule has 0 unspecified atom stereocenters. The number of hydrogen-bond donors (Lipinski definition) is 2. The Morgan fingerprint density at radius 3 is 2.11 bits per heavy atom. The molecule has 0 atom stereocenters. The molecule has 1 fully saturated rings. The summed E-state index contributed by atoms with van der Waals surface area (Å²) in [5.41, 5.74) is 0.888. The Bertz CT molecular complexity index is 361. The number of hydrogen-bond acceptors (Lipinski definition) is 2. The van der Waals surface area contributed by atoms with Gasteiger partial charge in [-0.3, -0.25) is 0 Å². The maximum atomic E-state index is 10.3. The van der Waals surface area contributed by atoms with E-state index in [0.717, 1.165) is 31.5 Å². The van der Waals surface area contributed by atoms with Gasteiger partial charge in [-0.05, 0) is 37.0 Å². The number of benzene rings is 1. The van der Waals surface area contributed by atoms with Crippen LogP contribution in [0.15, 0.2) is 24.3 Å². The molecule has 5 heteroatoms. The first-order valence-corrected chi connectivity index (χ1v) is 6.34. The zero-order valence-corrected chi connectivity index (χ0v) is 10.9. The van der Waals surface area contributed by atoms with E-state index in [1.54, 1.807) is 24.3 Å². The third-order valence-corrected chi connectivity index (χ3v) is 2.97. The summed E-state index contributed by atoms with van der Waals surface area (Å²) in [5.74, 6) is 0. The van der Waals surface area contributed by atoms with E-state index >= 15 is 0 Å². The second-order valence-electron chi connectivity index (χ2n) is 4.11. The fourth-order valence-electron chi connectivity index (χ4n) is 1.68. The molecule has 0 radical (unpaired) electrons. The number of halogens is 1. The minimum absolute atomic E-state index is 0.0805. The number of carboxylic acid groups (broad SMARTS) is 1. The predicted octanol–water partition coefficient (Wildman–Crippen LogP) is 2.98. The van der Waals surface area contributed by atoms with E-state index in [9.17, 15) is 4.79 Å². The Kier molecular flexibility index (Phi) is 6.54. The molecule has 1 heterocycles. The molecule has 0 saturated carbocycles. The van der Waals surface area contributed by atoms with E-state index in [4.69, 9.17) is 21.8 Å². The first-order chi connectivity index (χ1) is 8.63. The van der Waals surface area contributed by atoms with Crippen LogP contribution in [0.5, 0.6) is 0 Å². The van der Waals surface area contributed by atoms with Gasteiger partial charge in [0.25, 0.3) is 0 Å². The molecule has 0 aromatic heterocycles. The maximum Gasteiger partial charge on any atom is 0.407 e. The highest BCUT2D eigenvalue weighted by molar-refractivity contribution is 6.30. The molecule has 100 valence electrons. The molecule has 1 aromatic carbocycles. The van der Waals surface area contributed by atoms with E-state index in [-0.39, 0.29) is 6.61 Å². The summed E-state index contributed by atoms with van der Waals surface area (Å²) in [4.78, 5) is 11.8. The van der Waals surface area contributed by atoms with Gasteiger partial charge >= 0.3 is 6.09 Å². The third-order valence-electron chi connectivity index (χ3n) is 2.72. The lowest BCUT2D eigenvalue weighted by atomic mass is 10.1. The molecule has 1 aliphatic heterocycles. The molecule has 1 aromatic rings. The summed E-state index contributed by atoms with van der Waals surface area (Å²) in [7, 11) is 0. The van der Waals surface area contributed by atoms with Gasteiger partial charge in [-0.25, -0.2) is 4.79 Å². The molecule has 1 amide bonds. The van der Waals surface area contributed by atoms with Crippen molar-refractivity contribution >= 4 is 17.7 Å². The average Bonchev–Trinajstić information content (AvgIpc) is 2.41. The Labute approximate surface area is 112 Å². The normalized spacial score (nSPS) is 14.7. The SMILES string of the molecule is O=C(O)N1CCCCC1.OCc1ccc(Cl)cc1. The molecule has 0 spiro atoms. The second kappa shape index (κ2) is 7.95. The van der Waals surface area contributed by atoms with Crippen molar-refractivity contribution in [3.8, 4) is 0 Å². The lowest BCUT2D eigenvalue weighted by molar-refractivity contribution is 0.136. The van der Waals surface area contributed by atoms with Crippen molar-refractivity contribution in [1.82, 2.24) is 4.90 Å². The molecule has 1 saturated heterocycles. The molecule has 2 rings (SSSR count). The minimum Gasteiger partial charge on any atom is -0.465 e. The largest absolute Gasteiger partial charge is 0.465 e. The Balaban J connectivity index is 0.000000180. The summed E-state index contributed by atoms with van der Waals surface area (Å²) >= 11 is 5.59. The van der Waals surface area contributed by atoms with E-state index in [1.165, 1.54) is 11.3 Å². The summed E-state index contributed by atoms with van der Waals surface area (Å²) in [5, 5.41) is 17.8. The monoisotopic (exact) mass is 271 g/mol. The van der Waals surface area contributed by atoms with E-state index in [1.807, 2.05) is 0 Å². The van der Waals surface area contributed by atoms with Gasteiger partial charge in [0.15, 0.2) is 0 Å². The minimum atomic E-state index is -0.769. The zero-order chi connectivity index (χ0) is 13.4. The van der Waals surface area contributed by atoms with Crippen LogP contribution < -0.4 is 0 Å². The Morgan fingerprint density at radius 1 is 1.17 bits per heavy atom. The zero-order valence-electron chi connectivity index (χ0n) is 10.2. The van der Waals surface area contributed by atoms with Crippen LogP contribution in [0.2, 0.25) is 5.02 Å². The molecule has 0 bridgehead atoms. The van der Waals surface area contributed by atoms with E-state index in [0.29, 0.717) is 5.02 Å². The number of piperidine rings is 1. The van der Waals surface area contributed by atoms with Crippen LogP contribution in [0, 0.1) is 0 Å². The third kappa shape index (κ3) is 5.38. The summed E-state index contributed by atoms with van der Waals surface area (Å²) in [6, 6.07) is 7.10. The van der Waals surface area contributed by atoms with Gasteiger partial charge in [0.2, 0.25) is 0 Å². The molecule has 0 aliphatic carbocycles. The van der Waals surface area contributed by atoms with Crippen molar-refractivity contribution in [2.24, 2.45) is 0 Å². The standard InChI is InChI=1S/C7H7ClO.C6H11NO2/c8-7-3-1-6(5-9)2-4-7;8-6(9)7-4-2-1-3-5-7/h1-4,9H,5H2;1-5H2,(H,8,9). The van der Waals surface area contributed by atoms with Crippen LogP contribution in [-0.2, 0) is 6.61 Å². The number of carbonyl (C=O) groups is 1. The average molecular weight is 272 g/mol. The Hall–Kier alpha value is -1.26. The first kappa shape index (κ1) is 14.8. The van der Waals surface area contributed by atoms with Crippen molar-refractivity contribution in [2.75, 3.05) is 13.1 Å². The van der Waals surface area contributed by atoms with Gasteiger partial charge in [-0.2, -0.15) is 0 Å². The van der Waals surface area contributed by atoms with Crippen LogP contribution in [0.25, 0.3) is 0 Å². The van der Waals surface area contributed by atoms with Gasteiger partial charge in [0.1, 0.15) is 0 Å². The van der Waals surface area contributed by atoms with Crippen molar-refractivity contribution in [3.63, 3.8) is 0 Å². The number of amides is 1. The van der Waals surface area contributed by atoms with Crippen LogP contribution in [0.3, 0.4) is 0 Å². The topological polar surface area (TPSA) is 60.8 Å².